The van der Waals surface area contributed by atoms with Gasteiger partial charge in [0.2, 0.25) is 11.8 Å². The molecule has 2 amide bonds. The second kappa shape index (κ2) is 13.3. The summed E-state index contributed by atoms with van der Waals surface area (Å²) in [6.45, 7) is 9.82. The smallest absolute Gasteiger partial charge is 0.246 e. The molecule has 0 bridgehead atoms. The quantitative estimate of drug-likeness (QED) is 0.443. The maximum atomic E-state index is 13.7. The van der Waals surface area contributed by atoms with Crippen molar-refractivity contribution >= 4 is 11.8 Å². The molecular formula is C28H45N3O4. The predicted molar refractivity (Wildman–Crippen MR) is 138 cm³/mol. The number of carbonyl (C=O) groups excluding carboxylic acids is 2. The molecule has 0 aliphatic carbocycles. The van der Waals surface area contributed by atoms with Gasteiger partial charge in [-0.2, -0.15) is 0 Å². The minimum atomic E-state index is -0.715. The molecule has 2 heterocycles. The number of rotatable bonds is 13. The Labute approximate surface area is 211 Å². The van der Waals surface area contributed by atoms with Crippen molar-refractivity contribution in [3.8, 4) is 5.75 Å². The van der Waals surface area contributed by atoms with E-state index in [9.17, 15) is 9.59 Å². The number of amides is 2. The molecule has 0 saturated carbocycles. The Morgan fingerprint density at radius 2 is 1.83 bits per heavy atom. The van der Waals surface area contributed by atoms with Gasteiger partial charge in [-0.25, -0.2) is 0 Å². The van der Waals surface area contributed by atoms with Crippen molar-refractivity contribution in [3.63, 3.8) is 0 Å². The number of nitrogens with one attached hydrogen (secondary N) is 1. The second-order valence-corrected chi connectivity index (χ2v) is 10.2. The van der Waals surface area contributed by atoms with Crippen LogP contribution in [0, 0.1) is 5.92 Å². The number of benzene rings is 1. The fourth-order valence-electron chi connectivity index (χ4n) is 5.60. The molecule has 35 heavy (non-hydrogen) atoms. The van der Waals surface area contributed by atoms with Crippen molar-refractivity contribution in [2.45, 2.75) is 90.3 Å². The number of likely N-dealkylation sites (tertiary alicyclic amines) is 1. The van der Waals surface area contributed by atoms with Crippen molar-refractivity contribution in [1.82, 2.24) is 15.1 Å². The highest BCUT2D eigenvalue weighted by molar-refractivity contribution is 6.00. The van der Waals surface area contributed by atoms with Gasteiger partial charge in [0.05, 0.1) is 6.61 Å². The first-order valence-corrected chi connectivity index (χ1v) is 13.6. The third-order valence-corrected chi connectivity index (χ3v) is 7.76. The van der Waals surface area contributed by atoms with Gasteiger partial charge in [-0.3, -0.25) is 14.5 Å². The van der Waals surface area contributed by atoms with Crippen LogP contribution in [0.2, 0.25) is 0 Å². The Morgan fingerprint density at radius 3 is 2.43 bits per heavy atom. The number of ether oxygens (including phenoxy) is 1. The van der Waals surface area contributed by atoms with Crippen LogP contribution < -0.4 is 10.1 Å². The van der Waals surface area contributed by atoms with E-state index in [0.717, 1.165) is 63.9 Å². The van der Waals surface area contributed by atoms with E-state index in [0.29, 0.717) is 31.9 Å². The lowest BCUT2D eigenvalue weighted by Gasteiger charge is -2.52. The summed E-state index contributed by atoms with van der Waals surface area (Å²) in [4.78, 5) is 31.5. The van der Waals surface area contributed by atoms with E-state index in [-0.39, 0.29) is 24.5 Å². The molecule has 2 atom stereocenters. The molecule has 196 valence electrons. The minimum Gasteiger partial charge on any atom is -0.491 e. The molecule has 2 N–H and O–H groups in total. The first-order chi connectivity index (χ1) is 17.0. The molecule has 2 fully saturated rings. The average molecular weight is 488 g/mol. The molecule has 0 radical (unpaired) electrons. The summed E-state index contributed by atoms with van der Waals surface area (Å²) in [5.74, 6) is 1.40. The molecule has 3 rings (SSSR count). The van der Waals surface area contributed by atoms with Crippen LogP contribution in [0.5, 0.6) is 5.75 Å². The SMILES string of the molecule is CCCCN1C(=O)[C@H](CC(CC)CCC)NC(=O)C12CCN(Cc1ccc(OCCO)cc1)CC2. The van der Waals surface area contributed by atoms with Crippen LogP contribution >= 0.6 is 0 Å². The molecule has 2 aliphatic rings. The van der Waals surface area contributed by atoms with Crippen molar-refractivity contribution in [2.24, 2.45) is 5.92 Å². The largest absolute Gasteiger partial charge is 0.491 e. The highest BCUT2D eigenvalue weighted by Gasteiger charge is 2.53. The monoisotopic (exact) mass is 487 g/mol. The second-order valence-electron chi connectivity index (χ2n) is 10.2. The first-order valence-electron chi connectivity index (χ1n) is 13.6. The van der Waals surface area contributed by atoms with Gasteiger partial charge in [-0.05, 0) is 49.3 Å². The van der Waals surface area contributed by atoms with Gasteiger partial charge in [0.15, 0.2) is 0 Å². The van der Waals surface area contributed by atoms with Crippen LogP contribution in [0.1, 0.15) is 77.7 Å². The zero-order valence-electron chi connectivity index (χ0n) is 21.9. The van der Waals surface area contributed by atoms with Crippen molar-refractivity contribution in [1.29, 1.82) is 0 Å². The topological polar surface area (TPSA) is 82.1 Å². The Balaban J connectivity index is 1.66. The van der Waals surface area contributed by atoms with Crippen LogP contribution in [0.15, 0.2) is 24.3 Å². The predicted octanol–water partition coefficient (Wildman–Crippen LogP) is 3.74. The molecule has 2 saturated heterocycles. The van der Waals surface area contributed by atoms with Gasteiger partial charge in [0, 0.05) is 26.2 Å². The van der Waals surface area contributed by atoms with Crippen molar-refractivity contribution in [3.05, 3.63) is 29.8 Å². The van der Waals surface area contributed by atoms with Gasteiger partial charge >= 0.3 is 0 Å². The van der Waals surface area contributed by atoms with Crippen LogP contribution in [-0.2, 0) is 16.1 Å². The highest BCUT2D eigenvalue weighted by Crippen LogP contribution is 2.35. The Kier molecular flexibility index (Phi) is 10.4. The standard InChI is InChI=1S/C28H45N3O4/c1-4-7-15-31-26(33)25(20-22(6-3)8-5-2)29-27(34)28(31)13-16-30(17-14-28)21-23-9-11-24(12-10-23)35-19-18-32/h9-12,22,25,32H,4-8,13-21H2,1-3H3,(H,29,34)/t22?,25-/m0/s1. The number of hydrogen-bond acceptors (Lipinski definition) is 5. The maximum absolute atomic E-state index is 13.7. The zero-order valence-corrected chi connectivity index (χ0v) is 21.9. The summed E-state index contributed by atoms with van der Waals surface area (Å²) >= 11 is 0. The fraction of sp³-hybridized carbons (Fsp3) is 0.714. The number of piperazine rings is 1. The number of nitrogens with zero attached hydrogens (tertiary/aromatic N) is 2. The molecule has 1 aromatic carbocycles. The first kappa shape index (κ1) is 27.5. The average Bonchev–Trinajstić information content (AvgIpc) is 2.87. The number of aliphatic hydroxyl groups is 1. The molecule has 2 aliphatic heterocycles. The molecule has 7 nitrogen and oxygen atoms in total. The summed E-state index contributed by atoms with van der Waals surface area (Å²) in [7, 11) is 0. The van der Waals surface area contributed by atoms with E-state index in [1.165, 1.54) is 5.56 Å². The highest BCUT2D eigenvalue weighted by atomic mass is 16.5. The van der Waals surface area contributed by atoms with Crippen molar-refractivity contribution in [2.75, 3.05) is 32.8 Å². The van der Waals surface area contributed by atoms with E-state index in [1.807, 2.05) is 29.2 Å². The van der Waals surface area contributed by atoms with Gasteiger partial charge in [0.1, 0.15) is 23.9 Å². The van der Waals surface area contributed by atoms with E-state index >= 15 is 0 Å². The maximum Gasteiger partial charge on any atom is 0.246 e. The lowest BCUT2D eigenvalue weighted by Crippen LogP contribution is -2.73. The number of piperidine rings is 1. The Bertz CT molecular complexity index is 805. The lowest BCUT2D eigenvalue weighted by atomic mass is 9.80. The van der Waals surface area contributed by atoms with Crippen molar-refractivity contribution < 1.29 is 19.4 Å². The summed E-state index contributed by atoms with van der Waals surface area (Å²) < 4.78 is 5.45. The van der Waals surface area contributed by atoms with Gasteiger partial charge in [-0.15, -0.1) is 0 Å². The zero-order chi connectivity index (χ0) is 25.3. The number of aliphatic hydroxyl groups excluding tert-OH is 1. The summed E-state index contributed by atoms with van der Waals surface area (Å²) in [5.41, 5.74) is 0.471. The summed E-state index contributed by atoms with van der Waals surface area (Å²) in [5, 5.41) is 12.1. The number of hydrogen-bond donors (Lipinski definition) is 2. The summed E-state index contributed by atoms with van der Waals surface area (Å²) in [6.07, 6.45) is 7.26. The summed E-state index contributed by atoms with van der Waals surface area (Å²) in [6, 6.07) is 7.57. The Hall–Kier alpha value is -2.12. The molecular weight excluding hydrogens is 442 g/mol. The number of unbranched alkanes of at least 4 members (excludes halogenated alkanes) is 1. The van der Waals surface area contributed by atoms with E-state index in [1.54, 1.807) is 0 Å². The van der Waals surface area contributed by atoms with E-state index < -0.39 is 5.54 Å². The Morgan fingerprint density at radius 1 is 1.11 bits per heavy atom. The lowest BCUT2D eigenvalue weighted by molar-refractivity contribution is -0.162. The van der Waals surface area contributed by atoms with Crippen LogP contribution in [0.4, 0.5) is 0 Å². The third-order valence-electron chi connectivity index (χ3n) is 7.76. The van der Waals surface area contributed by atoms with Crippen LogP contribution in [0.3, 0.4) is 0 Å². The molecule has 1 spiro atoms. The molecule has 1 unspecified atom stereocenters. The normalized spacial score (nSPS) is 21.3. The van der Waals surface area contributed by atoms with Gasteiger partial charge < -0.3 is 20.1 Å². The molecule has 1 aromatic rings. The van der Waals surface area contributed by atoms with Gasteiger partial charge in [-0.1, -0.05) is 58.6 Å². The van der Waals surface area contributed by atoms with Crippen LogP contribution in [-0.4, -0.2) is 71.1 Å². The third kappa shape index (κ3) is 6.76. The van der Waals surface area contributed by atoms with Crippen LogP contribution in [0.25, 0.3) is 0 Å². The molecule has 0 aromatic heterocycles. The minimum absolute atomic E-state index is 0.00129. The van der Waals surface area contributed by atoms with Gasteiger partial charge in [0.25, 0.3) is 0 Å². The fourth-order valence-corrected chi connectivity index (χ4v) is 5.60. The van der Waals surface area contributed by atoms with E-state index in [4.69, 9.17) is 9.84 Å². The number of carbonyl (C=O) groups is 2. The molecule has 7 heteroatoms. The van der Waals surface area contributed by atoms with E-state index in [2.05, 4.69) is 31.0 Å².